The van der Waals surface area contributed by atoms with Crippen molar-refractivity contribution in [1.82, 2.24) is 10.3 Å². The number of aromatic nitrogens is 1. The Morgan fingerprint density at radius 3 is 2.54 bits per heavy atom. The Hall–Kier alpha value is -1.43. The van der Waals surface area contributed by atoms with Gasteiger partial charge < -0.3 is 10.4 Å². The van der Waals surface area contributed by atoms with Gasteiger partial charge in [0.05, 0.1) is 16.6 Å². The molecule has 0 atom stereocenters. The van der Waals surface area contributed by atoms with Crippen molar-refractivity contribution in [3.05, 3.63) is 15.6 Å². The topological polar surface area (TPSA) is 79.3 Å². The van der Waals surface area contributed by atoms with Crippen molar-refractivity contribution in [2.24, 2.45) is 11.8 Å². The highest BCUT2D eigenvalue weighted by atomic mass is 32.1. The standard InChI is InChI=1S/C18H26N2O3S/c21-17(12-7-9-13(10-8-12)18(22)23)19-11-3-6-16-20-14-4-1-2-5-15(14)24-16/h12-13H,1-11H2,(H,19,21)(H,22,23). The van der Waals surface area contributed by atoms with Crippen LogP contribution in [-0.4, -0.2) is 28.5 Å². The van der Waals surface area contributed by atoms with Crippen molar-refractivity contribution in [1.29, 1.82) is 0 Å². The smallest absolute Gasteiger partial charge is 0.306 e. The molecular formula is C18H26N2O3S. The van der Waals surface area contributed by atoms with E-state index in [-0.39, 0.29) is 17.7 Å². The summed E-state index contributed by atoms with van der Waals surface area (Å²) >= 11 is 1.85. The third-order valence-corrected chi connectivity index (χ3v) is 6.42. The fraction of sp³-hybridized carbons (Fsp3) is 0.722. The van der Waals surface area contributed by atoms with Crippen LogP contribution in [0.1, 0.15) is 60.5 Å². The first-order valence-corrected chi connectivity index (χ1v) is 9.93. The molecule has 1 heterocycles. The summed E-state index contributed by atoms with van der Waals surface area (Å²) in [6.07, 6.45) is 9.35. The number of carbonyl (C=O) groups is 2. The molecule has 0 aliphatic heterocycles. The molecule has 1 saturated carbocycles. The average Bonchev–Trinajstić information content (AvgIpc) is 3.01. The molecule has 2 N–H and O–H groups in total. The number of aliphatic carboxylic acids is 1. The largest absolute Gasteiger partial charge is 0.481 e. The Morgan fingerprint density at radius 2 is 1.83 bits per heavy atom. The minimum absolute atomic E-state index is 0.00669. The van der Waals surface area contributed by atoms with Crippen molar-refractivity contribution in [3.8, 4) is 0 Å². The molecule has 1 amide bonds. The number of carbonyl (C=O) groups excluding carboxylic acids is 1. The first kappa shape index (κ1) is 17.4. The van der Waals surface area contributed by atoms with Crippen molar-refractivity contribution in [2.45, 2.75) is 64.2 Å². The Labute approximate surface area is 146 Å². The van der Waals surface area contributed by atoms with Gasteiger partial charge in [0.15, 0.2) is 0 Å². The monoisotopic (exact) mass is 350 g/mol. The van der Waals surface area contributed by atoms with Gasteiger partial charge in [0, 0.05) is 23.8 Å². The maximum atomic E-state index is 12.2. The molecule has 3 rings (SSSR count). The van der Waals surface area contributed by atoms with Crippen LogP contribution in [-0.2, 0) is 28.9 Å². The SMILES string of the molecule is O=C(O)C1CCC(C(=O)NCCCc2nc3c(s2)CCCC3)CC1. The van der Waals surface area contributed by atoms with Gasteiger partial charge in [-0.25, -0.2) is 4.98 Å². The first-order valence-electron chi connectivity index (χ1n) is 9.11. The van der Waals surface area contributed by atoms with Crippen molar-refractivity contribution in [2.75, 3.05) is 6.54 Å². The molecule has 132 valence electrons. The molecule has 1 aromatic heterocycles. The van der Waals surface area contributed by atoms with E-state index in [0.717, 1.165) is 19.3 Å². The molecule has 24 heavy (non-hydrogen) atoms. The zero-order valence-corrected chi connectivity index (χ0v) is 14.9. The summed E-state index contributed by atoms with van der Waals surface area (Å²) in [5.74, 6) is -0.893. The third kappa shape index (κ3) is 4.35. The lowest BCUT2D eigenvalue weighted by Gasteiger charge is -2.25. The minimum atomic E-state index is -0.722. The summed E-state index contributed by atoms with van der Waals surface area (Å²) in [7, 11) is 0. The molecule has 6 heteroatoms. The molecule has 0 unspecified atom stereocenters. The molecule has 0 bridgehead atoms. The second kappa shape index (κ2) is 8.10. The maximum absolute atomic E-state index is 12.2. The summed E-state index contributed by atoms with van der Waals surface area (Å²) in [5.41, 5.74) is 1.31. The van der Waals surface area contributed by atoms with E-state index in [1.54, 1.807) is 0 Å². The van der Waals surface area contributed by atoms with Crippen LogP contribution in [0, 0.1) is 11.8 Å². The number of amides is 1. The Balaban J connectivity index is 1.35. The zero-order chi connectivity index (χ0) is 16.9. The predicted molar refractivity (Wildman–Crippen MR) is 93.2 cm³/mol. The van der Waals surface area contributed by atoms with Crippen LogP contribution >= 0.6 is 11.3 Å². The fourth-order valence-corrected chi connectivity index (χ4v) is 4.91. The molecule has 1 aromatic rings. The van der Waals surface area contributed by atoms with E-state index in [0.29, 0.717) is 32.2 Å². The van der Waals surface area contributed by atoms with Crippen LogP contribution in [0.2, 0.25) is 0 Å². The number of carboxylic acid groups (broad SMARTS) is 1. The lowest BCUT2D eigenvalue weighted by molar-refractivity contribution is -0.144. The normalized spacial score (nSPS) is 23.5. The summed E-state index contributed by atoms with van der Waals surface area (Å²) in [6.45, 7) is 0.682. The van der Waals surface area contributed by atoms with Gasteiger partial charge in [-0.05, 0) is 57.8 Å². The predicted octanol–water partition coefficient (Wildman–Crippen LogP) is 2.96. The first-order chi connectivity index (χ1) is 11.6. The number of fused-ring (bicyclic) bond motifs is 1. The van der Waals surface area contributed by atoms with Gasteiger partial charge in [-0.1, -0.05) is 0 Å². The highest BCUT2D eigenvalue weighted by molar-refractivity contribution is 7.11. The second-order valence-corrected chi connectivity index (χ2v) is 8.13. The Kier molecular flexibility index (Phi) is 5.87. The molecule has 2 aliphatic carbocycles. The number of carboxylic acids is 1. The highest BCUT2D eigenvalue weighted by Gasteiger charge is 2.29. The van der Waals surface area contributed by atoms with E-state index in [9.17, 15) is 9.59 Å². The van der Waals surface area contributed by atoms with Crippen molar-refractivity contribution in [3.63, 3.8) is 0 Å². The van der Waals surface area contributed by atoms with E-state index in [4.69, 9.17) is 10.1 Å². The fourth-order valence-electron chi connectivity index (χ4n) is 3.71. The maximum Gasteiger partial charge on any atom is 0.306 e. The number of rotatable bonds is 6. The van der Waals surface area contributed by atoms with Crippen LogP contribution in [0.25, 0.3) is 0 Å². The molecule has 0 radical (unpaired) electrons. The molecule has 0 saturated heterocycles. The Bertz CT molecular complexity index is 568. The zero-order valence-electron chi connectivity index (χ0n) is 14.1. The molecule has 0 spiro atoms. The summed E-state index contributed by atoms with van der Waals surface area (Å²) in [6, 6.07) is 0. The number of nitrogens with zero attached hydrogens (tertiary/aromatic N) is 1. The van der Waals surface area contributed by atoms with Gasteiger partial charge in [0.1, 0.15) is 0 Å². The van der Waals surface area contributed by atoms with Crippen molar-refractivity contribution >= 4 is 23.2 Å². The number of nitrogens with one attached hydrogen (secondary N) is 1. The average molecular weight is 350 g/mol. The van der Waals surface area contributed by atoms with E-state index in [1.165, 1.54) is 34.8 Å². The molecule has 0 aromatic carbocycles. The molecule has 1 fully saturated rings. The van der Waals surface area contributed by atoms with Gasteiger partial charge >= 0.3 is 5.97 Å². The number of hydrogen-bond acceptors (Lipinski definition) is 4. The number of thiazole rings is 1. The third-order valence-electron chi connectivity index (χ3n) is 5.20. The van der Waals surface area contributed by atoms with Crippen molar-refractivity contribution < 1.29 is 14.7 Å². The Morgan fingerprint density at radius 1 is 1.12 bits per heavy atom. The van der Waals surface area contributed by atoms with E-state index in [1.807, 2.05) is 11.3 Å². The number of hydrogen-bond donors (Lipinski definition) is 2. The van der Waals surface area contributed by atoms with Gasteiger partial charge in [0.2, 0.25) is 5.91 Å². The second-order valence-electron chi connectivity index (χ2n) is 6.97. The van der Waals surface area contributed by atoms with Crippen LogP contribution in [0.15, 0.2) is 0 Å². The molecule has 5 nitrogen and oxygen atoms in total. The van der Waals surface area contributed by atoms with Crippen LogP contribution < -0.4 is 5.32 Å². The molecule has 2 aliphatic rings. The van der Waals surface area contributed by atoms with Crippen LogP contribution in [0.3, 0.4) is 0 Å². The summed E-state index contributed by atoms with van der Waals surface area (Å²) in [4.78, 5) is 29.3. The summed E-state index contributed by atoms with van der Waals surface area (Å²) < 4.78 is 0. The summed E-state index contributed by atoms with van der Waals surface area (Å²) in [5, 5.41) is 13.2. The van der Waals surface area contributed by atoms with Gasteiger partial charge in [-0.2, -0.15) is 0 Å². The lowest BCUT2D eigenvalue weighted by Crippen LogP contribution is -2.35. The lowest BCUT2D eigenvalue weighted by atomic mass is 9.81. The number of aryl methyl sites for hydroxylation is 3. The molecular weight excluding hydrogens is 324 g/mol. The van der Waals surface area contributed by atoms with Crippen LogP contribution in [0.5, 0.6) is 0 Å². The highest BCUT2D eigenvalue weighted by Crippen LogP contribution is 2.29. The van der Waals surface area contributed by atoms with Gasteiger partial charge in [-0.15, -0.1) is 11.3 Å². The van der Waals surface area contributed by atoms with E-state index in [2.05, 4.69) is 5.32 Å². The van der Waals surface area contributed by atoms with E-state index < -0.39 is 5.97 Å². The van der Waals surface area contributed by atoms with Gasteiger partial charge in [-0.3, -0.25) is 9.59 Å². The van der Waals surface area contributed by atoms with Gasteiger partial charge in [0.25, 0.3) is 0 Å². The van der Waals surface area contributed by atoms with Crippen LogP contribution in [0.4, 0.5) is 0 Å². The van der Waals surface area contributed by atoms with E-state index >= 15 is 0 Å². The quantitative estimate of drug-likeness (QED) is 0.773. The minimum Gasteiger partial charge on any atom is -0.481 e.